The molecule has 5 nitrogen and oxygen atoms in total. The first-order valence-electron chi connectivity index (χ1n) is 7.42. The Hall–Kier alpha value is -2.12. The predicted molar refractivity (Wildman–Crippen MR) is 103 cm³/mol. The molecule has 0 saturated heterocycles. The molecule has 0 aliphatic heterocycles. The molecule has 0 spiro atoms. The zero-order valence-electron chi connectivity index (χ0n) is 14.1. The van der Waals surface area contributed by atoms with Crippen molar-refractivity contribution in [3.63, 3.8) is 0 Å². The molecular formula is C17H20N2O3S2. The van der Waals surface area contributed by atoms with Crippen LogP contribution in [0.5, 0.6) is 5.75 Å². The van der Waals surface area contributed by atoms with Gasteiger partial charge in [0.15, 0.2) is 5.11 Å². The van der Waals surface area contributed by atoms with Crippen molar-refractivity contribution < 1.29 is 14.3 Å². The van der Waals surface area contributed by atoms with E-state index >= 15 is 0 Å². The second kappa shape index (κ2) is 8.12. The Morgan fingerprint density at radius 2 is 2.04 bits per heavy atom. The highest BCUT2D eigenvalue weighted by Crippen LogP contribution is 2.34. The number of benzene rings is 1. The average molecular weight is 364 g/mol. The van der Waals surface area contributed by atoms with Gasteiger partial charge in [-0.15, -0.1) is 11.3 Å². The lowest BCUT2D eigenvalue weighted by Gasteiger charge is -2.11. The minimum atomic E-state index is -0.358. The normalized spacial score (nSPS) is 10.2. The smallest absolute Gasteiger partial charge is 0.341 e. The van der Waals surface area contributed by atoms with Gasteiger partial charge in [0.25, 0.3) is 0 Å². The van der Waals surface area contributed by atoms with Gasteiger partial charge in [-0.3, -0.25) is 0 Å². The summed E-state index contributed by atoms with van der Waals surface area (Å²) in [7, 11) is 2.99. The summed E-state index contributed by atoms with van der Waals surface area (Å²) in [5.41, 5.74) is 2.34. The van der Waals surface area contributed by atoms with Gasteiger partial charge >= 0.3 is 5.97 Å². The third-order valence-electron chi connectivity index (χ3n) is 3.51. The molecule has 2 rings (SSSR count). The van der Waals surface area contributed by atoms with Gasteiger partial charge in [-0.25, -0.2) is 4.79 Å². The fourth-order valence-corrected chi connectivity index (χ4v) is 3.80. The molecule has 1 aromatic heterocycles. The van der Waals surface area contributed by atoms with Gasteiger partial charge < -0.3 is 20.1 Å². The summed E-state index contributed by atoms with van der Waals surface area (Å²) >= 11 is 6.85. The summed E-state index contributed by atoms with van der Waals surface area (Å²) in [4.78, 5) is 13.2. The highest BCUT2D eigenvalue weighted by Gasteiger charge is 2.22. The van der Waals surface area contributed by atoms with Crippen LogP contribution in [0.15, 0.2) is 24.3 Å². The van der Waals surface area contributed by atoms with Crippen molar-refractivity contribution in [2.75, 3.05) is 24.9 Å². The fourth-order valence-electron chi connectivity index (χ4n) is 2.38. The zero-order chi connectivity index (χ0) is 17.7. The molecule has 1 aromatic carbocycles. The van der Waals surface area contributed by atoms with Crippen LogP contribution in [0.2, 0.25) is 0 Å². The standard InChI is InChI=1S/C17H20N2O3S2/c1-5-13-10(2)24-15(14(13)16(20)22-4)19-17(23)18-11-7-6-8-12(9-11)21-3/h6-9H,5H2,1-4H3,(H2,18,19,23). The Labute approximate surface area is 151 Å². The first-order valence-corrected chi connectivity index (χ1v) is 8.65. The molecule has 0 unspecified atom stereocenters. The van der Waals surface area contributed by atoms with Crippen LogP contribution in [0.1, 0.15) is 27.7 Å². The average Bonchev–Trinajstić information content (AvgIpc) is 2.89. The van der Waals surface area contributed by atoms with Crippen LogP contribution in [-0.2, 0) is 11.2 Å². The molecular weight excluding hydrogens is 344 g/mol. The molecule has 0 aliphatic rings. The number of esters is 1. The van der Waals surface area contributed by atoms with E-state index in [9.17, 15) is 4.79 Å². The number of hydrogen-bond donors (Lipinski definition) is 2. The van der Waals surface area contributed by atoms with Crippen LogP contribution in [-0.4, -0.2) is 25.3 Å². The third kappa shape index (κ3) is 4.04. The van der Waals surface area contributed by atoms with Gasteiger partial charge in [-0.05, 0) is 43.3 Å². The molecule has 24 heavy (non-hydrogen) atoms. The van der Waals surface area contributed by atoms with Gasteiger partial charge in [0.2, 0.25) is 0 Å². The summed E-state index contributed by atoms with van der Waals surface area (Å²) in [5.74, 6) is 0.376. The first-order chi connectivity index (χ1) is 11.5. The van der Waals surface area contributed by atoms with E-state index in [-0.39, 0.29) is 5.97 Å². The second-order valence-electron chi connectivity index (χ2n) is 5.00. The Balaban J connectivity index is 2.21. The second-order valence-corrected chi connectivity index (χ2v) is 6.63. The Kier molecular flexibility index (Phi) is 6.16. The van der Waals surface area contributed by atoms with E-state index in [1.54, 1.807) is 7.11 Å². The lowest BCUT2D eigenvalue weighted by molar-refractivity contribution is 0.0601. The van der Waals surface area contributed by atoms with Crippen LogP contribution >= 0.6 is 23.6 Å². The SMILES string of the molecule is CCc1c(C)sc(NC(=S)Nc2cccc(OC)c2)c1C(=O)OC. The molecule has 0 amide bonds. The number of rotatable bonds is 5. The third-order valence-corrected chi connectivity index (χ3v) is 4.77. The van der Waals surface area contributed by atoms with Crippen molar-refractivity contribution >= 4 is 45.3 Å². The van der Waals surface area contributed by atoms with Crippen molar-refractivity contribution in [1.82, 2.24) is 0 Å². The summed E-state index contributed by atoms with van der Waals surface area (Å²) in [6.07, 6.45) is 0.754. The summed E-state index contributed by atoms with van der Waals surface area (Å²) in [6, 6.07) is 7.45. The van der Waals surface area contributed by atoms with Gasteiger partial charge in [0.05, 0.1) is 19.8 Å². The number of carbonyl (C=O) groups excluding carboxylic acids is 1. The molecule has 1 heterocycles. The summed E-state index contributed by atoms with van der Waals surface area (Å²) in [5, 5.41) is 7.29. The van der Waals surface area contributed by atoms with Crippen molar-refractivity contribution in [2.45, 2.75) is 20.3 Å². The van der Waals surface area contributed by atoms with Gasteiger partial charge in [-0.1, -0.05) is 13.0 Å². The number of methoxy groups -OCH3 is 2. The van der Waals surface area contributed by atoms with E-state index in [2.05, 4.69) is 10.6 Å². The number of nitrogens with one attached hydrogen (secondary N) is 2. The largest absolute Gasteiger partial charge is 0.497 e. The minimum Gasteiger partial charge on any atom is -0.497 e. The predicted octanol–water partition coefficient (Wildman–Crippen LogP) is 4.22. The van der Waals surface area contributed by atoms with E-state index in [4.69, 9.17) is 21.7 Å². The number of thiophene rings is 1. The highest BCUT2D eigenvalue weighted by molar-refractivity contribution is 7.80. The Morgan fingerprint density at radius 1 is 1.29 bits per heavy atom. The van der Waals surface area contributed by atoms with Crippen LogP contribution in [0.3, 0.4) is 0 Å². The Morgan fingerprint density at radius 3 is 2.67 bits per heavy atom. The maximum absolute atomic E-state index is 12.1. The van der Waals surface area contributed by atoms with Crippen LogP contribution in [0, 0.1) is 6.92 Å². The highest BCUT2D eigenvalue weighted by atomic mass is 32.1. The maximum Gasteiger partial charge on any atom is 0.341 e. The van der Waals surface area contributed by atoms with E-state index < -0.39 is 0 Å². The van der Waals surface area contributed by atoms with E-state index in [1.165, 1.54) is 18.4 Å². The van der Waals surface area contributed by atoms with Crippen molar-refractivity contribution in [1.29, 1.82) is 0 Å². The summed E-state index contributed by atoms with van der Waals surface area (Å²) in [6.45, 7) is 4.00. The first kappa shape index (κ1) is 18.2. The quantitative estimate of drug-likeness (QED) is 0.612. The van der Waals surface area contributed by atoms with E-state index in [0.29, 0.717) is 15.7 Å². The molecule has 2 N–H and O–H groups in total. The Bertz CT molecular complexity index is 756. The lowest BCUT2D eigenvalue weighted by Crippen LogP contribution is -2.20. The minimum absolute atomic E-state index is 0.358. The number of ether oxygens (including phenoxy) is 2. The molecule has 0 atom stereocenters. The zero-order valence-corrected chi connectivity index (χ0v) is 15.7. The van der Waals surface area contributed by atoms with Gasteiger partial charge in [0, 0.05) is 16.6 Å². The van der Waals surface area contributed by atoms with Crippen LogP contribution < -0.4 is 15.4 Å². The van der Waals surface area contributed by atoms with Crippen LogP contribution in [0.25, 0.3) is 0 Å². The molecule has 0 aliphatic carbocycles. The maximum atomic E-state index is 12.1. The number of thiocarbonyl (C=S) groups is 1. The number of carbonyl (C=O) groups is 1. The summed E-state index contributed by atoms with van der Waals surface area (Å²) < 4.78 is 10.1. The molecule has 0 radical (unpaired) electrons. The number of aryl methyl sites for hydroxylation is 1. The van der Waals surface area contributed by atoms with E-state index in [1.807, 2.05) is 38.1 Å². The van der Waals surface area contributed by atoms with Gasteiger partial charge in [-0.2, -0.15) is 0 Å². The van der Waals surface area contributed by atoms with Crippen molar-refractivity contribution in [3.05, 3.63) is 40.3 Å². The van der Waals surface area contributed by atoms with Crippen molar-refractivity contribution in [3.8, 4) is 5.75 Å². The van der Waals surface area contributed by atoms with Gasteiger partial charge in [0.1, 0.15) is 10.8 Å². The van der Waals surface area contributed by atoms with E-state index in [0.717, 1.165) is 28.3 Å². The number of anilines is 2. The molecule has 2 aromatic rings. The molecule has 0 saturated carbocycles. The number of hydrogen-bond acceptors (Lipinski definition) is 5. The fraction of sp³-hybridized carbons (Fsp3) is 0.294. The molecule has 0 bridgehead atoms. The molecule has 0 fully saturated rings. The molecule has 128 valence electrons. The molecule has 7 heteroatoms. The van der Waals surface area contributed by atoms with Crippen LogP contribution in [0.4, 0.5) is 10.7 Å². The monoisotopic (exact) mass is 364 g/mol. The van der Waals surface area contributed by atoms with Crippen molar-refractivity contribution in [2.24, 2.45) is 0 Å². The topological polar surface area (TPSA) is 59.6 Å². The lowest BCUT2D eigenvalue weighted by atomic mass is 10.1.